The second kappa shape index (κ2) is 13.1. The molecule has 2 aliphatic rings. The standard InChI is InChI=1S/C34H38FN3O3/c1-23-8-3-4-10-26(23)17-18-36-34(40)33-29(20-28-21-38(24(2)39)22-31(33)37-28)27-15-13-25(14-16-27)9-7-19-41-32-12-6-5-11-30(32)35/h3-6,8,10-16,28,31,37H,7,9,17-22H2,1-2H3,(H,36,40). The average Bonchev–Trinajstić information content (AvgIpc) is 2.97. The van der Waals surface area contributed by atoms with Crippen LogP contribution < -0.4 is 15.4 Å². The van der Waals surface area contributed by atoms with E-state index in [4.69, 9.17) is 4.74 Å². The molecule has 0 radical (unpaired) electrons. The molecule has 2 unspecified atom stereocenters. The van der Waals surface area contributed by atoms with Gasteiger partial charge in [-0.05, 0) is 72.6 Å². The van der Waals surface area contributed by atoms with Crippen molar-refractivity contribution in [2.75, 3.05) is 26.2 Å². The van der Waals surface area contributed by atoms with Crippen molar-refractivity contribution < 1.29 is 18.7 Å². The lowest BCUT2D eigenvalue weighted by Gasteiger charge is -2.44. The van der Waals surface area contributed by atoms with Gasteiger partial charge in [-0.3, -0.25) is 9.59 Å². The summed E-state index contributed by atoms with van der Waals surface area (Å²) in [5, 5.41) is 6.75. The van der Waals surface area contributed by atoms with E-state index in [-0.39, 0.29) is 35.5 Å². The molecule has 1 fully saturated rings. The summed E-state index contributed by atoms with van der Waals surface area (Å²) in [6.07, 6.45) is 3.01. The van der Waals surface area contributed by atoms with Crippen LogP contribution in [0.15, 0.2) is 78.4 Å². The molecule has 6 nitrogen and oxygen atoms in total. The highest BCUT2D eigenvalue weighted by Crippen LogP contribution is 2.33. The molecular formula is C34H38FN3O3. The van der Waals surface area contributed by atoms with Crippen molar-refractivity contribution in [1.82, 2.24) is 15.5 Å². The van der Waals surface area contributed by atoms with Gasteiger partial charge in [0.15, 0.2) is 11.6 Å². The number of rotatable bonds is 10. The lowest BCUT2D eigenvalue weighted by molar-refractivity contribution is -0.131. The van der Waals surface area contributed by atoms with Crippen molar-refractivity contribution in [3.8, 4) is 5.75 Å². The minimum Gasteiger partial charge on any atom is -0.491 e. The summed E-state index contributed by atoms with van der Waals surface area (Å²) in [4.78, 5) is 27.7. The van der Waals surface area contributed by atoms with Gasteiger partial charge in [-0.2, -0.15) is 0 Å². The van der Waals surface area contributed by atoms with E-state index in [9.17, 15) is 14.0 Å². The molecule has 2 atom stereocenters. The van der Waals surface area contributed by atoms with Crippen LogP contribution in [-0.2, 0) is 22.4 Å². The molecule has 41 heavy (non-hydrogen) atoms. The van der Waals surface area contributed by atoms with Gasteiger partial charge in [0.1, 0.15) is 0 Å². The summed E-state index contributed by atoms with van der Waals surface area (Å²) in [6, 6.07) is 22.9. The van der Waals surface area contributed by atoms with E-state index >= 15 is 0 Å². The predicted octanol–water partition coefficient (Wildman–Crippen LogP) is 4.85. The number of para-hydroxylation sites is 1. The van der Waals surface area contributed by atoms with Gasteiger partial charge < -0.3 is 20.3 Å². The Kier molecular flexibility index (Phi) is 9.14. The number of nitrogens with zero attached hydrogens (tertiary/aromatic N) is 1. The number of hydrogen-bond acceptors (Lipinski definition) is 4. The van der Waals surface area contributed by atoms with Gasteiger partial charge in [0, 0.05) is 38.2 Å². The van der Waals surface area contributed by atoms with Crippen LogP contribution in [0.4, 0.5) is 4.39 Å². The summed E-state index contributed by atoms with van der Waals surface area (Å²) in [5.41, 5.74) is 6.40. The Balaban J connectivity index is 1.28. The highest BCUT2D eigenvalue weighted by Gasteiger charge is 2.38. The summed E-state index contributed by atoms with van der Waals surface area (Å²) >= 11 is 0. The van der Waals surface area contributed by atoms with E-state index < -0.39 is 0 Å². The maximum atomic E-state index is 13.8. The van der Waals surface area contributed by atoms with Crippen LogP contribution in [0.3, 0.4) is 0 Å². The van der Waals surface area contributed by atoms with E-state index in [1.165, 1.54) is 17.2 Å². The molecule has 2 heterocycles. The second-order valence-electron chi connectivity index (χ2n) is 10.9. The van der Waals surface area contributed by atoms with Crippen LogP contribution in [0.25, 0.3) is 5.57 Å². The van der Waals surface area contributed by atoms with Gasteiger partial charge >= 0.3 is 0 Å². The van der Waals surface area contributed by atoms with Crippen molar-refractivity contribution in [2.24, 2.45) is 0 Å². The fourth-order valence-electron chi connectivity index (χ4n) is 5.83. The number of fused-ring (bicyclic) bond motifs is 2. The van der Waals surface area contributed by atoms with Crippen molar-refractivity contribution in [3.05, 3.63) is 106 Å². The number of halogens is 1. The zero-order valence-corrected chi connectivity index (χ0v) is 23.8. The van der Waals surface area contributed by atoms with Crippen molar-refractivity contribution >= 4 is 17.4 Å². The molecule has 2 N–H and O–H groups in total. The molecule has 0 saturated carbocycles. The van der Waals surface area contributed by atoms with Crippen molar-refractivity contribution in [2.45, 2.75) is 51.6 Å². The predicted molar refractivity (Wildman–Crippen MR) is 159 cm³/mol. The normalized spacial score (nSPS) is 18.3. The van der Waals surface area contributed by atoms with Crippen LogP contribution in [0.5, 0.6) is 5.75 Å². The van der Waals surface area contributed by atoms with Gasteiger partial charge in [0.2, 0.25) is 11.8 Å². The number of aryl methyl sites for hydroxylation is 2. The number of hydrogen-bond donors (Lipinski definition) is 2. The Bertz CT molecular complexity index is 1420. The van der Waals surface area contributed by atoms with Gasteiger partial charge in [-0.1, -0.05) is 60.7 Å². The second-order valence-corrected chi connectivity index (χ2v) is 10.9. The third-order valence-corrected chi connectivity index (χ3v) is 8.04. The van der Waals surface area contributed by atoms with Gasteiger partial charge in [0.05, 0.1) is 12.6 Å². The van der Waals surface area contributed by atoms with E-state index in [1.807, 2.05) is 17.0 Å². The van der Waals surface area contributed by atoms with E-state index in [1.54, 1.807) is 25.1 Å². The number of carbonyl (C=O) groups is 2. The number of carbonyl (C=O) groups excluding carboxylic acids is 2. The molecule has 0 aliphatic carbocycles. The molecule has 2 bridgehead atoms. The molecule has 7 heteroatoms. The largest absolute Gasteiger partial charge is 0.491 e. The Morgan fingerprint density at radius 2 is 1.76 bits per heavy atom. The minimum absolute atomic E-state index is 0.0348. The van der Waals surface area contributed by atoms with E-state index in [0.717, 1.165) is 41.5 Å². The Morgan fingerprint density at radius 3 is 2.51 bits per heavy atom. The molecule has 2 aliphatic heterocycles. The fraction of sp³-hybridized carbons (Fsp3) is 0.353. The van der Waals surface area contributed by atoms with E-state index in [2.05, 4.69) is 54.0 Å². The molecule has 214 valence electrons. The molecule has 5 rings (SSSR count). The molecule has 3 aromatic carbocycles. The molecule has 0 spiro atoms. The zero-order valence-electron chi connectivity index (χ0n) is 23.8. The van der Waals surface area contributed by atoms with Crippen LogP contribution >= 0.6 is 0 Å². The lowest BCUT2D eigenvalue weighted by Crippen LogP contribution is -2.61. The lowest BCUT2D eigenvalue weighted by atomic mass is 9.83. The first-order valence-corrected chi connectivity index (χ1v) is 14.4. The van der Waals surface area contributed by atoms with Gasteiger partial charge in [-0.25, -0.2) is 4.39 Å². The van der Waals surface area contributed by atoms with Crippen molar-refractivity contribution in [3.63, 3.8) is 0 Å². The SMILES string of the molecule is CC(=O)N1CC2CC(c3ccc(CCCOc4ccccc4F)cc3)=C(C(=O)NCCc3ccccc3C)C(C1)N2. The number of ether oxygens (including phenoxy) is 1. The summed E-state index contributed by atoms with van der Waals surface area (Å²) in [5.74, 6) is -0.116. The fourth-order valence-corrected chi connectivity index (χ4v) is 5.83. The van der Waals surface area contributed by atoms with E-state index in [0.29, 0.717) is 32.7 Å². The molecule has 3 aromatic rings. The number of amides is 2. The minimum atomic E-state index is -0.349. The van der Waals surface area contributed by atoms with Crippen LogP contribution in [0.2, 0.25) is 0 Å². The smallest absolute Gasteiger partial charge is 0.249 e. The molecular weight excluding hydrogens is 517 g/mol. The molecule has 0 aromatic heterocycles. The Morgan fingerprint density at radius 1 is 1.00 bits per heavy atom. The zero-order chi connectivity index (χ0) is 28.8. The maximum Gasteiger partial charge on any atom is 0.249 e. The first-order chi connectivity index (χ1) is 19.9. The summed E-state index contributed by atoms with van der Waals surface area (Å²) < 4.78 is 19.4. The average molecular weight is 556 g/mol. The highest BCUT2D eigenvalue weighted by atomic mass is 19.1. The highest BCUT2D eigenvalue weighted by molar-refractivity contribution is 6.03. The quantitative estimate of drug-likeness (QED) is 0.351. The summed E-state index contributed by atoms with van der Waals surface area (Å²) in [7, 11) is 0. The third-order valence-electron chi connectivity index (χ3n) is 8.04. The van der Waals surface area contributed by atoms with Crippen LogP contribution in [0, 0.1) is 12.7 Å². The molecule has 2 amide bonds. The number of piperazine rings is 1. The topological polar surface area (TPSA) is 70.7 Å². The van der Waals surface area contributed by atoms with Gasteiger partial charge in [0.25, 0.3) is 0 Å². The van der Waals surface area contributed by atoms with Crippen molar-refractivity contribution in [1.29, 1.82) is 0 Å². The monoisotopic (exact) mass is 555 g/mol. The van der Waals surface area contributed by atoms with Crippen LogP contribution in [-0.4, -0.2) is 55.0 Å². The third kappa shape index (κ3) is 7.03. The van der Waals surface area contributed by atoms with Crippen LogP contribution in [0.1, 0.15) is 42.0 Å². The van der Waals surface area contributed by atoms with Gasteiger partial charge in [-0.15, -0.1) is 0 Å². The Hall–Kier alpha value is -3.97. The summed E-state index contributed by atoms with van der Waals surface area (Å²) in [6.45, 7) is 5.77. The maximum absolute atomic E-state index is 13.8. The first-order valence-electron chi connectivity index (χ1n) is 14.4. The Labute approximate surface area is 241 Å². The molecule has 1 saturated heterocycles. The number of benzene rings is 3. The first kappa shape index (κ1) is 28.6. The number of nitrogens with one attached hydrogen (secondary N) is 2.